The second-order valence-corrected chi connectivity index (χ2v) is 10.7. The zero-order valence-corrected chi connectivity index (χ0v) is 21.3. The number of carbonyl (C=O) groups is 1. The number of methoxy groups -OCH3 is 1. The lowest BCUT2D eigenvalue weighted by Crippen LogP contribution is -2.36. The molecule has 1 aromatic heterocycles. The lowest BCUT2D eigenvalue weighted by atomic mass is 9.89. The minimum atomic E-state index is -3.48. The molecular weight excluding hydrogens is 462 g/mol. The van der Waals surface area contributed by atoms with E-state index in [0.717, 1.165) is 29.7 Å². The molecule has 2 aromatic carbocycles. The van der Waals surface area contributed by atoms with Crippen molar-refractivity contribution in [2.24, 2.45) is 0 Å². The quantitative estimate of drug-likeness (QED) is 0.462. The molecule has 1 saturated heterocycles. The summed E-state index contributed by atoms with van der Waals surface area (Å²) in [5, 5.41) is 1.18. The molecule has 186 valence electrons. The fourth-order valence-electron chi connectivity index (χ4n) is 4.73. The van der Waals surface area contributed by atoms with Gasteiger partial charge in [0.1, 0.15) is 5.75 Å². The molecule has 8 heteroatoms. The molecule has 7 nitrogen and oxygen atoms in total. The second kappa shape index (κ2) is 10.7. The van der Waals surface area contributed by atoms with Crippen molar-refractivity contribution in [2.45, 2.75) is 37.5 Å². The van der Waals surface area contributed by atoms with Gasteiger partial charge in [-0.1, -0.05) is 26.0 Å². The number of hydrogen-bond acceptors (Lipinski definition) is 4. The predicted molar refractivity (Wildman–Crippen MR) is 139 cm³/mol. The summed E-state index contributed by atoms with van der Waals surface area (Å²) in [5.41, 5.74) is 3.17. The monoisotopic (exact) mass is 495 g/mol. The molecule has 0 radical (unpaired) electrons. The highest BCUT2D eigenvalue weighted by Crippen LogP contribution is 2.34. The van der Waals surface area contributed by atoms with Crippen LogP contribution in [-0.4, -0.2) is 61.8 Å². The number of carbonyl (C=O) groups excluding carboxylic acids is 1. The number of nitrogens with one attached hydrogen (secondary N) is 1. The van der Waals surface area contributed by atoms with Crippen molar-refractivity contribution in [2.75, 3.05) is 33.3 Å². The van der Waals surface area contributed by atoms with E-state index in [1.54, 1.807) is 43.5 Å². The Bertz CT molecular complexity index is 1300. The number of ether oxygens (including phenoxy) is 1. The summed E-state index contributed by atoms with van der Waals surface area (Å²) in [6, 6.07) is 12.7. The number of rotatable bonds is 8. The Balaban J connectivity index is 1.37. The summed E-state index contributed by atoms with van der Waals surface area (Å²) < 4.78 is 32.1. The van der Waals surface area contributed by atoms with Crippen LogP contribution in [0.1, 0.15) is 43.7 Å². The summed E-state index contributed by atoms with van der Waals surface area (Å²) in [6.45, 7) is 5.91. The third kappa shape index (κ3) is 5.28. The van der Waals surface area contributed by atoms with Gasteiger partial charge in [0.2, 0.25) is 15.9 Å². The molecule has 0 bridgehead atoms. The third-order valence-electron chi connectivity index (χ3n) is 6.81. The van der Waals surface area contributed by atoms with Gasteiger partial charge in [-0.15, -0.1) is 0 Å². The van der Waals surface area contributed by atoms with Crippen molar-refractivity contribution in [1.29, 1.82) is 0 Å². The Hall–Kier alpha value is -3.10. The van der Waals surface area contributed by atoms with Crippen LogP contribution >= 0.6 is 0 Å². The van der Waals surface area contributed by atoms with Crippen LogP contribution in [0.25, 0.3) is 17.0 Å². The van der Waals surface area contributed by atoms with Gasteiger partial charge in [0, 0.05) is 49.4 Å². The first-order chi connectivity index (χ1) is 16.9. The highest BCUT2D eigenvalue weighted by molar-refractivity contribution is 7.89. The summed E-state index contributed by atoms with van der Waals surface area (Å²) in [5.74, 6) is 1.21. The van der Waals surface area contributed by atoms with Crippen LogP contribution in [-0.2, 0) is 14.8 Å². The summed E-state index contributed by atoms with van der Waals surface area (Å²) in [4.78, 5) is 18.3. The maximum absolute atomic E-state index is 12.8. The Morgan fingerprint density at radius 3 is 2.43 bits per heavy atom. The van der Waals surface area contributed by atoms with E-state index in [1.165, 1.54) is 15.3 Å². The Labute approximate surface area is 207 Å². The number of piperidine rings is 1. The van der Waals surface area contributed by atoms with Gasteiger partial charge in [-0.05, 0) is 66.3 Å². The number of likely N-dealkylation sites (tertiary alicyclic amines) is 1. The number of aromatic amines is 1. The average Bonchev–Trinajstić information content (AvgIpc) is 3.31. The molecule has 3 aromatic rings. The zero-order valence-electron chi connectivity index (χ0n) is 20.5. The predicted octanol–water partition coefficient (Wildman–Crippen LogP) is 4.63. The van der Waals surface area contributed by atoms with E-state index in [0.29, 0.717) is 32.1 Å². The average molecular weight is 496 g/mol. The highest BCUT2D eigenvalue weighted by Gasteiger charge is 2.25. The largest absolute Gasteiger partial charge is 0.497 e. The first-order valence-corrected chi connectivity index (χ1v) is 13.5. The molecule has 0 saturated carbocycles. The molecule has 0 aliphatic carbocycles. The van der Waals surface area contributed by atoms with Crippen molar-refractivity contribution >= 4 is 32.9 Å². The Morgan fingerprint density at radius 2 is 1.80 bits per heavy atom. The zero-order chi connectivity index (χ0) is 25.0. The number of sulfonamides is 1. The van der Waals surface area contributed by atoms with Gasteiger partial charge in [-0.25, -0.2) is 8.42 Å². The molecule has 0 atom stereocenters. The highest BCUT2D eigenvalue weighted by atomic mass is 32.2. The molecule has 1 N–H and O–H groups in total. The normalized spacial score (nSPS) is 15.4. The van der Waals surface area contributed by atoms with Gasteiger partial charge < -0.3 is 14.6 Å². The number of hydrogen-bond donors (Lipinski definition) is 1. The molecule has 35 heavy (non-hydrogen) atoms. The van der Waals surface area contributed by atoms with Crippen molar-refractivity contribution < 1.29 is 17.9 Å². The summed E-state index contributed by atoms with van der Waals surface area (Å²) in [7, 11) is -1.81. The number of amides is 1. The van der Waals surface area contributed by atoms with Crippen molar-refractivity contribution in [3.8, 4) is 5.75 Å². The Kier molecular flexibility index (Phi) is 7.62. The molecule has 4 rings (SSSR count). The standard InChI is InChI=1S/C27H33N3O4S/c1-4-30(5-2)35(32,33)23-10-6-20(7-11-23)8-13-27(31)29-16-14-21(15-17-29)25-19-28-26-12-9-22(34-3)18-24(25)26/h6-13,18-19,21,28H,4-5,14-17H2,1-3H3/b13-8+. The molecule has 1 aliphatic rings. The van der Waals surface area contributed by atoms with Crippen LogP contribution in [0.4, 0.5) is 0 Å². The first kappa shape index (κ1) is 25.0. The van der Waals surface area contributed by atoms with Crippen LogP contribution in [0.3, 0.4) is 0 Å². The van der Waals surface area contributed by atoms with Gasteiger partial charge in [0.05, 0.1) is 12.0 Å². The van der Waals surface area contributed by atoms with E-state index >= 15 is 0 Å². The molecule has 1 amide bonds. The third-order valence-corrected chi connectivity index (χ3v) is 8.87. The van der Waals surface area contributed by atoms with Gasteiger partial charge in [0.25, 0.3) is 0 Å². The number of fused-ring (bicyclic) bond motifs is 1. The smallest absolute Gasteiger partial charge is 0.246 e. The topological polar surface area (TPSA) is 82.7 Å². The maximum atomic E-state index is 12.8. The van der Waals surface area contributed by atoms with E-state index < -0.39 is 10.0 Å². The first-order valence-electron chi connectivity index (χ1n) is 12.1. The lowest BCUT2D eigenvalue weighted by Gasteiger charge is -2.31. The van der Waals surface area contributed by atoms with Crippen LogP contribution < -0.4 is 4.74 Å². The summed E-state index contributed by atoms with van der Waals surface area (Å²) >= 11 is 0. The van der Waals surface area contributed by atoms with Crippen molar-refractivity contribution in [3.05, 3.63) is 65.9 Å². The van der Waals surface area contributed by atoms with E-state index in [-0.39, 0.29) is 10.8 Å². The van der Waals surface area contributed by atoms with Gasteiger partial charge in [0.15, 0.2) is 0 Å². The van der Waals surface area contributed by atoms with Crippen LogP contribution in [0.2, 0.25) is 0 Å². The number of H-pyrrole nitrogens is 1. The lowest BCUT2D eigenvalue weighted by molar-refractivity contribution is -0.126. The molecule has 0 spiro atoms. The minimum absolute atomic E-state index is 0.0242. The fraction of sp³-hybridized carbons (Fsp3) is 0.370. The van der Waals surface area contributed by atoms with Gasteiger partial charge >= 0.3 is 0 Å². The molecular formula is C27H33N3O4S. The van der Waals surface area contributed by atoms with Gasteiger partial charge in [-0.2, -0.15) is 4.31 Å². The van der Waals surface area contributed by atoms with E-state index in [4.69, 9.17) is 4.74 Å². The van der Waals surface area contributed by atoms with E-state index in [2.05, 4.69) is 17.2 Å². The van der Waals surface area contributed by atoms with Gasteiger partial charge in [-0.3, -0.25) is 4.79 Å². The van der Waals surface area contributed by atoms with Crippen LogP contribution in [0, 0.1) is 0 Å². The molecule has 1 aliphatic heterocycles. The molecule has 0 unspecified atom stereocenters. The SMILES string of the molecule is CCN(CC)S(=O)(=O)c1ccc(/C=C/C(=O)N2CCC(c3c[nH]c4ccc(OC)cc34)CC2)cc1. The van der Waals surface area contributed by atoms with Crippen molar-refractivity contribution in [3.63, 3.8) is 0 Å². The number of aromatic nitrogens is 1. The van der Waals surface area contributed by atoms with E-state index in [1.807, 2.05) is 30.9 Å². The fourth-order valence-corrected chi connectivity index (χ4v) is 6.19. The minimum Gasteiger partial charge on any atom is -0.497 e. The summed E-state index contributed by atoms with van der Waals surface area (Å²) in [6.07, 6.45) is 7.21. The van der Waals surface area contributed by atoms with Crippen LogP contribution in [0.5, 0.6) is 5.75 Å². The van der Waals surface area contributed by atoms with Crippen molar-refractivity contribution in [1.82, 2.24) is 14.2 Å². The van der Waals surface area contributed by atoms with Crippen LogP contribution in [0.15, 0.2) is 59.6 Å². The molecule has 1 fully saturated rings. The maximum Gasteiger partial charge on any atom is 0.246 e. The second-order valence-electron chi connectivity index (χ2n) is 8.75. The van der Waals surface area contributed by atoms with E-state index in [9.17, 15) is 13.2 Å². The Morgan fingerprint density at radius 1 is 1.11 bits per heavy atom. The number of benzene rings is 2. The number of nitrogens with zero attached hydrogens (tertiary/aromatic N) is 2. The molecule has 2 heterocycles.